The molecule has 0 saturated carbocycles. The second kappa shape index (κ2) is 52.4. The Balaban J connectivity index is 4.52. The average molecular weight is 899 g/mol. The highest BCUT2D eigenvalue weighted by Crippen LogP contribution is 2.13. The van der Waals surface area contributed by atoms with E-state index in [1.807, 2.05) is 30.4 Å². The summed E-state index contributed by atoms with van der Waals surface area (Å²) >= 11 is 0. The summed E-state index contributed by atoms with van der Waals surface area (Å²) in [7, 11) is 0. The van der Waals surface area contributed by atoms with Gasteiger partial charge in [-0.3, -0.25) is 14.4 Å². The van der Waals surface area contributed by atoms with Gasteiger partial charge >= 0.3 is 17.9 Å². The van der Waals surface area contributed by atoms with E-state index >= 15 is 0 Å². The van der Waals surface area contributed by atoms with Crippen LogP contribution < -0.4 is 0 Å². The van der Waals surface area contributed by atoms with E-state index in [-0.39, 0.29) is 31.1 Å². The molecule has 0 fully saturated rings. The van der Waals surface area contributed by atoms with Crippen LogP contribution in [0.2, 0.25) is 0 Å². The van der Waals surface area contributed by atoms with Crippen LogP contribution in [0.25, 0.3) is 0 Å². The van der Waals surface area contributed by atoms with Crippen LogP contribution in [0.4, 0.5) is 0 Å². The standard InChI is InChI=1S/C59H94O6/c1-4-7-10-13-16-19-22-25-28-29-30-32-34-37-40-43-46-49-52-58(61)64-55-56(54-63-57(60)51-48-45-42-39-36-33-27-24-21-18-15-12-9-6-3)65-59(62)53-50-47-44-41-38-35-31-26-23-20-17-14-11-8-5-2/h9-10,12-13,16-23,25-30,32-33,56H,4-8,11,14-15,24,31,34-55H2,1-3H3/b12-9-,13-10-,19-16-,20-17-,21-18-,25-22-,26-23-,29-28-,32-30-,33-27-. The molecule has 0 aromatic carbocycles. The minimum absolute atomic E-state index is 0.107. The smallest absolute Gasteiger partial charge is 0.306 e. The number of unbranched alkanes of at least 4 members (excludes halogenated alkanes) is 19. The maximum atomic E-state index is 12.8. The molecule has 65 heavy (non-hydrogen) atoms. The molecular weight excluding hydrogens is 805 g/mol. The van der Waals surface area contributed by atoms with E-state index in [4.69, 9.17) is 14.2 Å². The SMILES string of the molecule is CC/C=C\C/C=C\C/C=C\CCCCCCC(=O)OCC(COC(=O)CCCCCCC\C=C/C=C\C=C/C=C\C=C/CCC)OC(=O)CCCCCCCC/C=C\C=C/CCCCC. The van der Waals surface area contributed by atoms with Crippen molar-refractivity contribution in [2.75, 3.05) is 13.2 Å². The van der Waals surface area contributed by atoms with Crippen molar-refractivity contribution in [1.82, 2.24) is 0 Å². The van der Waals surface area contributed by atoms with Crippen LogP contribution in [-0.4, -0.2) is 37.2 Å². The number of hydrogen-bond acceptors (Lipinski definition) is 6. The van der Waals surface area contributed by atoms with Crippen molar-refractivity contribution in [2.45, 2.75) is 219 Å². The molecule has 0 rings (SSSR count). The Morgan fingerprint density at radius 2 is 0.692 bits per heavy atom. The molecule has 0 heterocycles. The summed E-state index contributed by atoms with van der Waals surface area (Å²) in [5.74, 6) is -0.971. The summed E-state index contributed by atoms with van der Waals surface area (Å²) in [4.78, 5) is 38.0. The molecule has 0 aromatic heterocycles. The maximum absolute atomic E-state index is 12.8. The van der Waals surface area contributed by atoms with E-state index < -0.39 is 6.10 Å². The van der Waals surface area contributed by atoms with Gasteiger partial charge in [0.25, 0.3) is 0 Å². The van der Waals surface area contributed by atoms with E-state index in [0.29, 0.717) is 19.3 Å². The Bertz CT molecular complexity index is 1400. The quantitative estimate of drug-likeness (QED) is 0.0199. The summed E-state index contributed by atoms with van der Waals surface area (Å²) in [5.41, 5.74) is 0. The molecule has 0 amide bonds. The number of ether oxygens (including phenoxy) is 3. The maximum Gasteiger partial charge on any atom is 0.306 e. The topological polar surface area (TPSA) is 78.9 Å². The average Bonchev–Trinajstić information content (AvgIpc) is 3.30. The molecule has 0 spiro atoms. The first kappa shape index (κ1) is 60.8. The van der Waals surface area contributed by atoms with E-state index in [9.17, 15) is 14.4 Å². The molecule has 6 heteroatoms. The summed E-state index contributed by atoms with van der Waals surface area (Å²) < 4.78 is 16.8. The second-order valence-corrected chi connectivity index (χ2v) is 16.8. The molecule has 0 aliphatic rings. The van der Waals surface area contributed by atoms with E-state index in [1.54, 1.807) is 0 Å². The second-order valence-electron chi connectivity index (χ2n) is 16.8. The fourth-order valence-electron chi connectivity index (χ4n) is 6.65. The molecule has 0 saturated heterocycles. The highest BCUT2D eigenvalue weighted by atomic mass is 16.6. The predicted molar refractivity (Wildman–Crippen MR) is 279 cm³/mol. The molecular formula is C59H94O6. The Kier molecular flexibility index (Phi) is 49.1. The Morgan fingerprint density at radius 1 is 0.338 bits per heavy atom. The number of allylic oxidation sites excluding steroid dienone is 20. The molecule has 6 nitrogen and oxygen atoms in total. The van der Waals surface area contributed by atoms with Gasteiger partial charge in [0.2, 0.25) is 0 Å². The lowest BCUT2D eigenvalue weighted by molar-refractivity contribution is -0.167. The molecule has 1 atom stereocenters. The van der Waals surface area contributed by atoms with Crippen molar-refractivity contribution in [2.24, 2.45) is 0 Å². The van der Waals surface area contributed by atoms with Crippen LogP contribution in [0.5, 0.6) is 0 Å². The van der Waals surface area contributed by atoms with Crippen LogP contribution in [0, 0.1) is 0 Å². The van der Waals surface area contributed by atoms with Gasteiger partial charge in [-0.15, -0.1) is 0 Å². The van der Waals surface area contributed by atoms with Crippen molar-refractivity contribution in [3.05, 3.63) is 122 Å². The first-order valence-corrected chi connectivity index (χ1v) is 26.1. The monoisotopic (exact) mass is 899 g/mol. The minimum Gasteiger partial charge on any atom is -0.462 e. The van der Waals surface area contributed by atoms with Gasteiger partial charge in [-0.1, -0.05) is 219 Å². The Hall–Kier alpha value is -4.19. The summed E-state index contributed by atoms with van der Waals surface area (Å²) in [6.07, 6.45) is 71.7. The molecule has 0 aliphatic heterocycles. The zero-order valence-electron chi connectivity index (χ0n) is 41.7. The van der Waals surface area contributed by atoms with Crippen LogP contribution in [0.15, 0.2) is 122 Å². The summed E-state index contributed by atoms with van der Waals surface area (Å²) in [5, 5.41) is 0. The van der Waals surface area contributed by atoms with Gasteiger partial charge in [-0.25, -0.2) is 0 Å². The third kappa shape index (κ3) is 50.7. The van der Waals surface area contributed by atoms with E-state index in [0.717, 1.165) is 135 Å². The molecule has 0 aromatic rings. The van der Waals surface area contributed by atoms with Gasteiger partial charge in [0, 0.05) is 19.3 Å². The van der Waals surface area contributed by atoms with E-state index in [2.05, 4.69) is 112 Å². The normalized spacial score (nSPS) is 13.1. The van der Waals surface area contributed by atoms with Crippen LogP contribution >= 0.6 is 0 Å². The number of carbonyl (C=O) groups excluding carboxylic acids is 3. The highest BCUT2D eigenvalue weighted by Gasteiger charge is 2.19. The molecule has 0 aliphatic carbocycles. The third-order valence-corrected chi connectivity index (χ3v) is 10.6. The van der Waals surface area contributed by atoms with Gasteiger partial charge in [-0.05, 0) is 96.3 Å². The van der Waals surface area contributed by atoms with Crippen LogP contribution in [0.3, 0.4) is 0 Å². The van der Waals surface area contributed by atoms with Crippen molar-refractivity contribution in [1.29, 1.82) is 0 Å². The number of carbonyl (C=O) groups is 3. The Morgan fingerprint density at radius 3 is 1.15 bits per heavy atom. The molecule has 0 N–H and O–H groups in total. The third-order valence-electron chi connectivity index (χ3n) is 10.6. The van der Waals surface area contributed by atoms with E-state index in [1.165, 1.54) is 38.5 Å². The fourth-order valence-corrected chi connectivity index (χ4v) is 6.65. The molecule has 1 unspecified atom stereocenters. The molecule has 0 bridgehead atoms. The Labute approximate surface area is 399 Å². The lowest BCUT2D eigenvalue weighted by atomic mass is 10.1. The predicted octanol–water partition coefficient (Wildman–Crippen LogP) is 17.3. The zero-order valence-corrected chi connectivity index (χ0v) is 41.7. The fraction of sp³-hybridized carbons (Fsp3) is 0.610. The first-order chi connectivity index (χ1) is 32.0. The first-order valence-electron chi connectivity index (χ1n) is 26.1. The number of rotatable bonds is 45. The summed E-state index contributed by atoms with van der Waals surface area (Å²) in [6.45, 7) is 6.34. The minimum atomic E-state index is -0.808. The largest absolute Gasteiger partial charge is 0.462 e. The number of esters is 3. The van der Waals surface area contributed by atoms with Gasteiger partial charge in [0.15, 0.2) is 6.10 Å². The van der Waals surface area contributed by atoms with Crippen LogP contribution in [-0.2, 0) is 28.6 Å². The van der Waals surface area contributed by atoms with Gasteiger partial charge in [0.1, 0.15) is 13.2 Å². The van der Waals surface area contributed by atoms with Crippen molar-refractivity contribution in [3.8, 4) is 0 Å². The molecule has 0 radical (unpaired) electrons. The highest BCUT2D eigenvalue weighted by molar-refractivity contribution is 5.71. The van der Waals surface area contributed by atoms with Crippen molar-refractivity contribution >= 4 is 17.9 Å². The van der Waals surface area contributed by atoms with Crippen molar-refractivity contribution in [3.63, 3.8) is 0 Å². The summed E-state index contributed by atoms with van der Waals surface area (Å²) in [6, 6.07) is 0. The van der Waals surface area contributed by atoms with Gasteiger partial charge in [-0.2, -0.15) is 0 Å². The number of hydrogen-bond donors (Lipinski definition) is 0. The van der Waals surface area contributed by atoms with Crippen molar-refractivity contribution < 1.29 is 28.6 Å². The lowest BCUT2D eigenvalue weighted by Gasteiger charge is -2.18. The van der Waals surface area contributed by atoms with Gasteiger partial charge in [0.05, 0.1) is 0 Å². The zero-order chi connectivity index (χ0) is 47.2. The van der Waals surface area contributed by atoms with Crippen LogP contribution in [0.1, 0.15) is 213 Å². The lowest BCUT2D eigenvalue weighted by Crippen LogP contribution is -2.30. The van der Waals surface area contributed by atoms with Gasteiger partial charge < -0.3 is 14.2 Å². The molecule has 366 valence electrons.